The van der Waals surface area contributed by atoms with Crippen molar-refractivity contribution in [2.75, 3.05) is 4.90 Å². The molecule has 0 saturated heterocycles. The van der Waals surface area contributed by atoms with Crippen LogP contribution in [0.3, 0.4) is 0 Å². The molecule has 4 rings (SSSR count). The van der Waals surface area contributed by atoms with Crippen LogP contribution in [0.5, 0.6) is 0 Å². The molecule has 0 aliphatic heterocycles. The van der Waals surface area contributed by atoms with Gasteiger partial charge in [0.2, 0.25) is 0 Å². The predicted octanol–water partition coefficient (Wildman–Crippen LogP) is 5.14. The quantitative estimate of drug-likeness (QED) is 0.469. The van der Waals surface area contributed by atoms with Crippen LogP contribution in [0.1, 0.15) is 27.2 Å². The molecule has 0 saturated carbocycles. The van der Waals surface area contributed by atoms with E-state index in [1.807, 2.05) is 79.9 Å². The fourth-order valence-corrected chi connectivity index (χ4v) is 3.74. The molecule has 2 aromatic carbocycles. The average molecular weight is 409 g/mol. The molecule has 0 N–H and O–H groups in total. The minimum Gasteiger partial charge on any atom is -0.320 e. The van der Waals surface area contributed by atoms with Gasteiger partial charge in [0.05, 0.1) is 5.69 Å². The SMILES string of the molecule is Cc1cccc(C)c1N(C(=O)c1cn(-c2ccccc2)c(C)cc1=O)c1ccccn1. The summed E-state index contributed by atoms with van der Waals surface area (Å²) in [5.41, 5.74) is 3.99. The lowest BCUT2D eigenvalue weighted by molar-refractivity contribution is 0.0996. The second-order valence-corrected chi connectivity index (χ2v) is 7.47. The Morgan fingerprint density at radius 2 is 1.55 bits per heavy atom. The second-order valence-electron chi connectivity index (χ2n) is 7.47. The third-order valence-electron chi connectivity index (χ3n) is 5.25. The van der Waals surface area contributed by atoms with Crippen molar-refractivity contribution in [1.82, 2.24) is 9.55 Å². The van der Waals surface area contributed by atoms with E-state index in [2.05, 4.69) is 4.98 Å². The molecule has 0 aliphatic carbocycles. The molecule has 154 valence electrons. The first-order valence-electron chi connectivity index (χ1n) is 10.1. The summed E-state index contributed by atoms with van der Waals surface area (Å²) < 4.78 is 1.86. The maximum atomic E-state index is 13.8. The van der Waals surface area contributed by atoms with Crippen LogP contribution in [0.25, 0.3) is 5.69 Å². The fraction of sp³-hybridized carbons (Fsp3) is 0.115. The summed E-state index contributed by atoms with van der Waals surface area (Å²) in [5.74, 6) is 0.0573. The van der Waals surface area contributed by atoms with Crippen LogP contribution in [-0.2, 0) is 0 Å². The van der Waals surface area contributed by atoms with Crippen LogP contribution < -0.4 is 10.3 Å². The number of anilines is 2. The molecule has 5 heteroatoms. The molecule has 0 bridgehead atoms. The van der Waals surface area contributed by atoms with E-state index < -0.39 is 5.91 Å². The number of carbonyl (C=O) groups excluding carboxylic acids is 1. The van der Waals surface area contributed by atoms with Gasteiger partial charge < -0.3 is 4.57 Å². The van der Waals surface area contributed by atoms with Crippen molar-refractivity contribution < 1.29 is 4.79 Å². The molecule has 2 heterocycles. The second kappa shape index (κ2) is 8.40. The molecule has 0 atom stereocenters. The lowest BCUT2D eigenvalue weighted by Gasteiger charge is -2.25. The maximum absolute atomic E-state index is 13.8. The lowest BCUT2D eigenvalue weighted by Crippen LogP contribution is -2.33. The van der Waals surface area contributed by atoms with Crippen LogP contribution in [-0.4, -0.2) is 15.5 Å². The van der Waals surface area contributed by atoms with Gasteiger partial charge in [-0.2, -0.15) is 0 Å². The average Bonchev–Trinajstić information content (AvgIpc) is 2.77. The normalized spacial score (nSPS) is 10.7. The van der Waals surface area contributed by atoms with Crippen molar-refractivity contribution in [2.24, 2.45) is 0 Å². The van der Waals surface area contributed by atoms with E-state index in [4.69, 9.17) is 0 Å². The number of para-hydroxylation sites is 2. The molecule has 4 aromatic rings. The summed E-state index contributed by atoms with van der Waals surface area (Å²) in [6.07, 6.45) is 3.26. The summed E-state index contributed by atoms with van der Waals surface area (Å²) in [5, 5.41) is 0. The van der Waals surface area contributed by atoms with Crippen molar-refractivity contribution in [3.8, 4) is 5.69 Å². The maximum Gasteiger partial charge on any atom is 0.269 e. The summed E-state index contributed by atoms with van der Waals surface area (Å²) in [6, 6.07) is 22.4. The summed E-state index contributed by atoms with van der Waals surface area (Å²) >= 11 is 0. The topological polar surface area (TPSA) is 55.2 Å². The van der Waals surface area contributed by atoms with E-state index in [0.29, 0.717) is 5.82 Å². The first kappa shape index (κ1) is 20.3. The van der Waals surface area contributed by atoms with Crippen LogP contribution in [0.4, 0.5) is 11.5 Å². The first-order valence-corrected chi connectivity index (χ1v) is 10.1. The molecule has 2 aromatic heterocycles. The van der Waals surface area contributed by atoms with Crippen LogP contribution in [0, 0.1) is 20.8 Å². The third kappa shape index (κ3) is 3.90. The molecule has 0 fully saturated rings. The van der Waals surface area contributed by atoms with Gasteiger partial charge in [-0.3, -0.25) is 14.5 Å². The highest BCUT2D eigenvalue weighted by atomic mass is 16.2. The van der Waals surface area contributed by atoms with E-state index in [1.54, 1.807) is 24.5 Å². The van der Waals surface area contributed by atoms with Crippen molar-refractivity contribution in [1.29, 1.82) is 0 Å². The van der Waals surface area contributed by atoms with Gasteiger partial charge in [0, 0.05) is 29.8 Å². The number of hydrogen-bond donors (Lipinski definition) is 0. The first-order chi connectivity index (χ1) is 15.0. The van der Waals surface area contributed by atoms with Gasteiger partial charge in [-0.05, 0) is 56.2 Å². The number of amides is 1. The Balaban J connectivity index is 1.92. The van der Waals surface area contributed by atoms with Gasteiger partial charge >= 0.3 is 0 Å². The Kier molecular flexibility index (Phi) is 5.50. The lowest BCUT2D eigenvalue weighted by atomic mass is 10.1. The van der Waals surface area contributed by atoms with Gasteiger partial charge in [0.1, 0.15) is 11.4 Å². The third-order valence-corrected chi connectivity index (χ3v) is 5.25. The molecular formula is C26H23N3O2. The Labute approximate surface area is 181 Å². The zero-order valence-corrected chi connectivity index (χ0v) is 17.7. The smallest absolute Gasteiger partial charge is 0.269 e. The minimum atomic E-state index is -0.411. The highest BCUT2D eigenvalue weighted by molar-refractivity contribution is 6.11. The van der Waals surface area contributed by atoms with E-state index >= 15 is 0 Å². The zero-order valence-electron chi connectivity index (χ0n) is 17.7. The van der Waals surface area contributed by atoms with Gasteiger partial charge in [-0.15, -0.1) is 0 Å². The van der Waals surface area contributed by atoms with E-state index in [0.717, 1.165) is 28.2 Å². The summed E-state index contributed by atoms with van der Waals surface area (Å²) in [4.78, 5) is 32.7. The predicted molar refractivity (Wildman–Crippen MR) is 123 cm³/mol. The molecular weight excluding hydrogens is 386 g/mol. The Bertz CT molecular complexity index is 1280. The zero-order chi connectivity index (χ0) is 22.0. The molecule has 0 spiro atoms. The van der Waals surface area contributed by atoms with E-state index in [1.165, 1.54) is 11.0 Å². The van der Waals surface area contributed by atoms with Crippen molar-refractivity contribution in [3.05, 3.63) is 118 Å². The molecule has 31 heavy (non-hydrogen) atoms. The molecule has 5 nitrogen and oxygen atoms in total. The largest absolute Gasteiger partial charge is 0.320 e. The Hall–Kier alpha value is -3.99. The monoisotopic (exact) mass is 409 g/mol. The standard InChI is InChI=1S/C26H23N3O2/c1-18-10-9-11-19(2)25(18)29(24-14-7-8-15-27-24)26(31)22-17-28(20(3)16-23(22)30)21-12-5-4-6-13-21/h4-17H,1-3H3. The number of nitrogens with zero attached hydrogens (tertiary/aromatic N) is 3. The number of rotatable bonds is 4. The number of aromatic nitrogens is 2. The van der Waals surface area contributed by atoms with Crippen molar-refractivity contribution in [2.45, 2.75) is 20.8 Å². The van der Waals surface area contributed by atoms with Gasteiger partial charge in [-0.25, -0.2) is 4.98 Å². The van der Waals surface area contributed by atoms with Crippen LogP contribution in [0.2, 0.25) is 0 Å². The number of aryl methyl sites for hydroxylation is 3. The number of carbonyl (C=O) groups is 1. The molecule has 1 amide bonds. The van der Waals surface area contributed by atoms with Gasteiger partial charge in [0.15, 0.2) is 5.43 Å². The molecule has 0 unspecified atom stereocenters. The highest BCUT2D eigenvalue weighted by Gasteiger charge is 2.26. The van der Waals surface area contributed by atoms with Gasteiger partial charge in [0.25, 0.3) is 5.91 Å². The minimum absolute atomic E-state index is 0.0859. The van der Waals surface area contributed by atoms with Crippen LogP contribution in [0.15, 0.2) is 90.0 Å². The van der Waals surface area contributed by atoms with Crippen molar-refractivity contribution >= 4 is 17.4 Å². The van der Waals surface area contributed by atoms with E-state index in [9.17, 15) is 9.59 Å². The van der Waals surface area contributed by atoms with E-state index in [-0.39, 0.29) is 11.0 Å². The number of benzene rings is 2. The number of pyridine rings is 2. The van der Waals surface area contributed by atoms with Crippen molar-refractivity contribution in [3.63, 3.8) is 0 Å². The Morgan fingerprint density at radius 1 is 0.871 bits per heavy atom. The Morgan fingerprint density at radius 3 is 2.19 bits per heavy atom. The van der Waals surface area contributed by atoms with Crippen LogP contribution >= 0.6 is 0 Å². The summed E-state index contributed by atoms with van der Waals surface area (Å²) in [7, 11) is 0. The molecule has 0 radical (unpaired) electrons. The fourth-order valence-electron chi connectivity index (χ4n) is 3.74. The summed E-state index contributed by atoms with van der Waals surface area (Å²) in [6.45, 7) is 5.75. The molecule has 0 aliphatic rings. The van der Waals surface area contributed by atoms with Gasteiger partial charge in [-0.1, -0.05) is 42.5 Å². The number of hydrogen-bond acceptors (Lipinski definition) is 3. The highest BCUT2D eigenvalue weighted by Crippen LogP contribution is 2.31.